The van der Waals surface area contributed by atoms with Gasteiger partial charge in [0.15, 0.2) is 11.9 Å². The molecule has 10 rings (SSSR count). The van der Waals surface area contributed by atoms with Gasteiger partial charge in [-0.25, -0.2) is 0 Å². The maximum Gasteiger partial charge on any atom is 0.308 e. The first-order valence-corrected chi connectivity index (χ1v) is 19.8. The van der Waals surface area contributed by atoms with Crippen molar-refractivity contribution < 1.29 is 62.4 Å². The van der Waals surface area contributed by atoms with Gasteiger partial charge in [-0.15, -0.1) is 0 Å². The van der Waals surface area contributed by atoms with E-state index in [0.29, 0.717) is 32.1 Å². The highest BCUT2D eigenvalue weighted by atomic mass is 16.8. The Balaban J connectivity index is 0.994. The van der Waals surface area contributed by atoms with Crippen molar-refractivity contribution in [2.24, 2.45) is 5.92 Å². The normalized spacial score (nSPS) is 52.2. The molecule has 10 aliphatic rings. The lowest BCUT2D eigenvalue weighted by atomic mass is 9.84. The summed E-state index contributed by atoms with van der Waals surface area (Å²) in [7, 11) is 1.55. The number of carbonyl (C=O) groups is 1. The summed E-state index contributed by atoms with van der Waals surface area (Å²) in [6, 6.07) is 0. The van der Waals surface area contributed by atoms with E-state index in [2.05, 4.69) is 20.1 Å². The maximum atomic E-state index is 13.8. The fraction of sp³-hybridized carbons (Fsp3) is 0.872. The molecule has 0 aromatic carbocycles. The monoisotopic (exact) mass is 732 g/mol. The van der Waals surface area contributed by atoms with E-state index in [9.17, 15) is 15.0 Å². The zero-order valence-electron chi connectivity index (χ0n) is 30.4. The molecular formula is C39H56O13. The number of aliphatic hydroxyl groups is 2. The van der Waals surface area contributed by atoms with Crippen LogP contribution in [0.15, 0.2) is 24.3 Å². The van der Waals surface area contributed by atoms with Gasteiger partial charge in [0.2, 0.25) is 0 Å². The Morgan fingerprint density at radius 3 is 2.37 bits per heavy atom. The van der Waals surface area contributed by atoms with Crippen LogP contribution >= 0.6 is 0 Å². The van der Waals surface area contributed by atoms with Crippen molar-refractivity contribution >= 4 is 5.97 Å². The minimum atomic E-state index is -1.01. The number of fused-ring (bicyclic) bond motifs is 6. The van der Waals surface area contributed by atoms with E-state index < -0.39 is 61.1 Å². The minimum Gasteiger partial charge on any atom is -0.457 e. The topological polar surface area (TPSA) is 150 Å². The van der Waals surface area contributed by atoms with Crippen LogP contribution in [0.1, 0.15) is 84.0 Å². The van der Waals surface area contributed by atoms with Gasteiger partial charge < -0.3 is 57.6 Å². The number of rotatable bonds is 4. The molecule has 3 unspecified atom stereocenters. The molecule has 10 fully saturated rings. The average Bonchev–Trinajstić information content (AvgIpc) is 3.79. The number of ether oxygens (including phenoxy) is 10. The SMILES string of the molecule is C=C1C2C[C@@H]3O[C@H](C[C@@H](O)CO)[C@H](OC)[C@H]3OC(=O)C[C@H]3CC[C@@H]4OC5[C@H]6O[C@H]7C[C@](CC[C@H]8CC(=C)[C@H](CC[C@@H](C[C@H]1C)O2)O8)(OC6[C@H]4O3)O[C@H]57. The zero-order chi connectivity index (χ0) is 35.9. The quantitative estimate of drug-likeness (QED) is 0.323. The second-order valence-corrected chi connectivity index (χ2v) is 16.9. The van der Waals surface area contributed by atoms with Crippen molar-refractivity contribution in [3.05, 3.63) is 24.3 Å². The summed E-state index contributed by atoms with van der Waals surface area (Å²) in [6.45, 7) is 10.6. The highest BCUT2D eigenvalue weighted by Crippen LogP contribution is 2.54. The molecular weight excluding hydrogens is 676 g/mol. The van der Waals surface area contributed by atoms with Gasteiger partial charge in [-0.1, -0.05) is 20.1 Å². The zero-order valence-corrected chi connectivity index (χ0v) is 30.4. The van der Waals surface area contributed by atoms with E-state index >= 15 is 0 Å². The summed E-state index contributed by atoms with van der Waals surface area (Å²) >= 11 is 0. The highest BCUT2D eigenvalue weighted by Gasteiger charge is 2.68. The third kappa shape index (κ3) is 6.53. The molecule has 10 aliphatic heterocycles. The summed E-state index contributed by atoms with van der Waals surface area (Å²) in [6.07, 6.45) is 1.15. The van der Waals surface area contributed by atoms with E-state index in [4.69, 9.17) is 47.4 Å². The Labute approximate surface area is 305 Å². The van der Waals surface area contributed by atoms with Crippen LogP contribution in [-0.4, -0.2) is 139 Å². The molecule has 0 aromatic heterocycles. The lowest BCUT2D eigenvalue weighted by Crippen LogP contribution is -2.61. The number of esters is 1. The van der Waals surface area contributed by atoms with E-state index in [1.54, 1.807) is 7.11 Å². The molecule has 12 bridgehead atoms. The fourth-order valence-corrected chi connectivity index (χ4v) is 10.8. The predicted molar refractivity (Wildman–Crippen MR) is 181 cm³/mol. The van der Waals surface area contributed by atoms with Gasteiger partial charge in [0.05, 0.1) is 68.0 Å². The predicted octanol–water partition coefficient (Wildman–Crippen LogP) is 2.81. The van der Waals surface area contributed by atoms with Crippen molar-refractivity contribution in [2.45, 2.75) is 194 Å². The average molecular weight is 733 g/mol. The first-order chi connectivity index (χ1) is 25.1. The first-order valence-electron chi connectivity index (χ1n) is 19.8. The second kappa shape index (κ2) is 14.2. The van der Waals surface area contributed by atoms with Crippen LogP contribution in [-0.2, 0) is 52.2 Å². The minimum absolute atomic E-state index is 0.0122. The Bertz CT molecular complexity index is 1380. The highest BCUT2D eigenvalue weighted by molar-refractivity contribution is 5.70. The van der Waals surface area contributed by atoms with Gasteiger partial charge in [-0.3, -0.25) is 4.79 Å². The maximum absolute atomic E-state index is 13.8. The Morgan fingerprint density at radius 2 is 1.54 bits per heavy atom. The van der Waals surface area contributed by atoms with Crippen molar-refractivity contribution in [1.29, 1.82) is 0 Å². The molecule has 19 atom stereocenters. The van der Waals surface area contributed by atoms with Gasteiger partial charge in [-0.05, 0) is 62.0 Å². The van der Waals surface area contributed by atoms with Crippen molar-refractivity contribution in [1.82, 2.24) is 0 Å². The molecule has 10 saturated heterocycles. The van der Waals surface area contributed by atoms with Crippen LogP contribution in [0.3, 0.4) is 0 Å². The van der Waals surface area contributed by atoms with Crippen LogP contribution < -0.4 is 0 Å². The standard InChI is InChI=1S/C39H56O13/c1-18-11-22-5-7-25-19(2)12-24(44-25)9-10-39-16-30-35(51-39)36-37(49-30)38(52-39)33-26(48-36)8-6-23(46-33)14-31(42)50-34-29(15-27(45-22)20(18)3)47-28(32(34)43-4)13-21(41)17-40/h18,21-30,32-38,40-41H,2-3,5-17H2,1,4H3/t18-,21-,22+,23-,24+,25+,26+,27?,28-,29+,30+,32+,33+,34+,35+,36?,37-,38?,39+/m1/s1. The van der Waals surface area contributed by atoms with E-state index in [1.807, 2.05) is 0 Å². The van der Waals surface area contributed by atoms with Crippen LogP contribution in [0.5, 0.6) is 0 Å². The lowest BCUT2D eigenvalue weighted by Gasteiger charge is -2.47. The van der Waals surface area contributed by atoms with Crippen molar-refractivity contribution in [3.63, 3.8) is 0 Å². The van der Waals surface area contributed by atoms with E-state index in [0.717, 1.165) is 43.3 Å². The number of hydrogen-bond donors (Lipinski definition) is 2. The third-order valence-corrected chi connectivity index (χ3v) is 13.5. The molecule has 0 aromatic rings. The Hall–Kier alpha value is -1.49. The Morgan fingerprint density at radius 1 is 0.788 bits per heavy atom. The largest absolute Gasteiger partial charge is 0.457 e. The van der Waals surface area contributed by atoms with Gasteiger partial charge in [0, 0.05) is 32.8 Å². The number of hydrogen-bond acceptors (Lipinski definition) is 13. The summed E-state index contributed by atoms with van der Waals surface area (Å²) in [4.78, 5) is 13.8. The van der Waals surface area contributed by atoms with E-state index in [1.165, 1.54) is 0 Å². The molecule has 0 saturated carbocycles. The molecule has 1 spiro atoms. The van der Waals surface area contributed by atoms with Gasteiger partial charge in [-0.2, -0.15) is 0 Å². The van der Waals surface area contributed by atoms with Gasteiger partial charge in [0.25, 0.3) is 0 Å². The van der Waals surface area contributed by atoms with Gasteiger partial charge >= 0.3 is 5.97 Å². The summed E-state index contributed by atoms with van der Waals surface area (Å²) in [5.41, 5.74) is 2.10. The second-order valence-electron chi connectivity index (χ2n) is 16.9. The molecule has 290 valence electrons. The summed E-state index contributed by atoms with van der Waals surface area (Å²) in [5.74, 6) is -1.01. The number of methoxy groups -OCH3 is 1. The molecule has 13 nitrogen and oxygen atoms in total. The molecule has 0 aliphatic carbocycles. The molecule has 10 heterocycles. The van der Waals surface area contributed by atoms with Crippen LogP contribution in [0.25, 0.3) is 0 Å². The van der Waals surface area contributed by atoms with E-state index in [-0.39, 0.29) is 79.8 Å². The fourth-order valence-electron chi connectivity index (χ4n) is 10.8. The number of carbonyl (C=O) groups excluding carboxylic acids is 1. The smallest absolute Gasteiger partial charge is 0.308 e. The van der Waals surface area contributed by atoms with Crippen LogP contribution in [0.4, 0.5) is 0 Å². The molecule has 2 N–H and O–H groups in total. The molecule has 13 heteroatoms. The molecule has 0 radical (unpaired) electrons. The summed E-state index contributed by atoms with van der Waals surface area (Å²) in [5, 5.41) is 20.0. The lowest BCUT2D eigenvalue weighted by molar-refractivity contribution is -0.293. The Kier molecular flexibility index (Phi) is 9.89. The van der Waals surface area contributed by atoms with Crippen LogP contribution in [0.2, 0.25) is 0 Å². The van der Waals surface area contributed by atoms with Crippen LogP contribution in [0, 0.1) is 5.92 Å². The van der Waals surface area contributed by atoms with Gasteiger partial charge in [0.1, 0.15) is 42.7 Å². The third-order valence-electron chi connectivity index (χ3n) is 13.5. The van der Waals surface area contributed by atoms with Crippen molar-refractivity contribution in [2.75, 3.05) is 13.7 Å². The van der Waals surface area contributed by atoms with Crippen molar-refractivity contribution in [3.8, 4) is 0 Å². The number of aliphatic hydroxyl groups excluding tert-OH is 2. The molecule has 52 heavy (non-hydrogen) atoms. The summed E-state index contributed by atoms with van der Waals surface area (Å²) < 4.78 is 65.6. The molecule has 0 amide bonds. The first kappa shape index (κ1) is 36.2.